The molecule has 1 rings (SSSR count). The van der Waals surface area contributed by atoms with Crippen LogP contribution in [0, 0.1) is 5.41 Å². The summed E-state index contributed by atoms with van der Waals surface area (Å²) in [6.07, 6.45) is 0.833. The van der Waals surface area contributed by atoms with Crippen molar-refractivity contribution >= 4 is 11.9 Å². The Kier molecular flexibility index (Phi) is 7.93. The fourth-order valence-corrected chi connectivity index (χ4v) is 0.964. The molecule has 0 aliphatic rings. The van der Waals surface area contributed by atoms with Crippen molar-refractivity contribution in [2.24, 2.45) is 5.41 Å². The largest absolute Gasteiger partial charge is 0.478 e. The predicted molar refractivity (Wildman–Crippen MR) is 75.4 cm³/mol. The van der Waals surface area contributed by atoms with Gasteiger partial charge in [0.05, 0.1) is 18.8 Å². The van der Waals surface area contributed by atoms with Gasteiger partial charge in [0.2, 0.25) is 0 Å². The van der Waals surface area contributed by atoms with Crippen molar-refractivity contribution in [1.29, 1.82) is 0 Å². The molecular weight excluding hydrogens is 260 g/mol. The second kappa shape index (κ2) is 8.87. The summed E-state index contributed by atoms with van der Waals surface area (Å²) in [6, 6.07) is 8.82. The maximum absolute atomic E-state index is 11.5. The van der Waals surface area contributed by atoms with Crippen LogP contribution in [0.15, 0.2) is 43.0 Å². The SMILES string of the molecule is C=CC(=O)O.CC(C)(CO)COC(=O)c1ccccc1. The van der Waals surface area contributed by atoms with Crippen molar-refractivity contribution in [2.75, 3.05) is 13.2 Å². The van der Waals surface area contributed by atoms with E-state index in [-0.39, 0.29) is 24.6 Å². The minimum atomic E-state index is -0.981. The molecule has 5 nitrogen and oxygen atoms in total. The quantitative estimate of drug-likeness (QED) is 0.637. The number of esters is 1. The second-order valence-corrected chi connectivity index (χ2v) is 4.81. The summed E-state index contributed by atoms with van der Waals surface area (Å²) >= 11 is 0. The molecule has 0 spiro atoms. The fraction of sp³-hybridized carbons (Fsp3) is 0.333. The number of aliphatic carboxylic acids is 1. The first-order valence-electron chi connectivity index (χ1n) is 6.01. The lowest BCUT2D eigenvalue weighted by Crippen LogP contribution is -2.25. The average molecular weight is 280 g/mol. The molecule has 0 unspecified atom stereocenters. The summed E-state index contributed by atoms with van der Waals surface area (Å²) in [4.78, 5) is 20.8. The van der Waals surface area contributed by atoms with E-state index in [9.17, 15) is 9.59 Å². The number of hydrogen-bond acceptors (Lipinski definition) is 4. The van der Waals surface area contributed by atoms with Crippen LogP contribution in [-0.2, 0) is 9.53 Å². The molecule has 1 aromatic carbocycles. The Morgan fingerprint density at radius 2 is 1.80 bits per heavy atom. The summed E-state index contributed by atoms with van der Waals surface area (Å²) in [6.45, 7) is 6.85. The van der Waals surface area contributed by atoms with Crippen LogP contribution in [0.25, 0.3) is 0 Å². The van der Waals surface area contributed by atoms with E-state index in [0.717, 1.165) is 6.08 Å². The van der Waals surface area contributed by atoms with Crippen LogP contribution in [0.3, 0.4) is 0 Å². The number of carbonyl (C=O) groups excluding carboxylic acids is 1. The van der Waals surface area contributed by atoms with Crippen LogP contribution < -0.4 is 0 Å². The summed E-state index contributed by atoms with van der Waals surface area (Å²) in [5.41, 5.74) is 0.149. The molecule has 0 saturated heterocycles. The summed E-state index contributed by atoms with van der Waals surface area (Å²) in [5.74, 6) is -1.33. The predicted octanol–water partition coefficient (Wildman–Crippen LogP) is 2.12. The van der Waals surface area contributed by atoms with Crippen LogP contribution in [0.1, 0.15) is 24.2 Å². The number of carbonyl (C=O) groups is 2. The molecule has 0 radical (unpaired) electrons. The average Bonchev–Trinajstić information content (AvgIpc) is 2.46. The summed E-state index contributed by atoms with van der Waals surface area (Å²) in [7, 11) is 0. The lowest BCUT2D eigenvalue weighted by molar-refractivity contribution is -0.131. The van der Waals surface area contributed by atoms with Crippen LogP contribution in [0.4, 0.5) is 0 Å². The van der Waals surface area contributed by atoms with Crippen molar-refractivity contribution in [3.8, 4) is 0 Å². The Hall–Kier alpha value is -2.14. The molecule has 2 N–H and O–H groups in total. The number of ether oxygens (including phenoxy) is 1. The molecule has 0 aliphatic heterocycles. The molecule has 0 atom stereocenters. The summed E-state index contributed by atoms with van der Waals surface area (Å²) in [5, 5.41) is 16.6. The minimum Gasteiger partial charge on any atom is -0.478 e. The molecule has 0 aromatic heterocycles. The monoisotopic (exact) mass is 280 g/mol. The normalized spacial score (nSPS) is 9.95. The van der Waals surface area contributed by atoms with Gasteiger partial charge in [0.1, 0.15) is 0 Å². The van der Waals surface area contributed by atoms with E-state index in [2.05, 4.69) is 6.58 Å². The Morgan fingerprint density at radius 1 is 1.30 bits per heavy atom. The molecule has 110 valence electrons. The Labute approximate surface area is 118 Å². The van der Waals surface area contributed by atoms with Gasteiger partial charge in [-0.3, -0.25) is 0 Å². The van der Waals surface area contributed by atoms with E-state index >= 15 is 0 Å². The van der Waals surface area contributed by atoms with Gasteiger partial charge in [-0.2, -0.15) is 0 Å². The van der Waals surface area contributed by atoms with E-state index in [4.69, 9.17) is 14.9 Å². The molecule has 0 aliphatic carbocycles. The number of benzene rings is 1. The van der Waals surface area contributed by atoms with Gasteiger partial charge in [0.25, 0.3) is 0 Å². The van der Waals surface area contributed by atoms with Gasteiger partial charge in [-0.25, -0.2) is 9.59 Å². The van der Waals surface area contributed by atoms with E-state index in [1.807, 2.05) is 19.9 Å². The van der Waals surface area contributed by atoms with Crippen LogP contribution in [0.5, 0.6) is 0 Å². The Bertz CT molecular complexity index is 437. The number of carboxylic acids is 1. The third-order valence-corrected chi connectivity index (χ3v) is 2.21. The zero-order chi connectivity index (χ0) is 15.6. The zero-order valence-electron chi connectivity index (χ0n) is 11.7. The van der Waals surface area contributed by atoms with Gasteiger partial charge in [-0.1, -0.05) is 38.6 Å². The first-order valence-corrected chi connectivity index (χ1v) is 6.01. The first-order chi connectivity index (χ1) is 9.32. The maximum Gasteiger partial charge on any atom is 0.338 e. The second-order valence-electron chi connectivity index (χ2n) is 4.81. The highest BCUT2D eigenvalue weighted by Gasteiger charge is 2.19. The Balaban J connectivity index is 0.000000621. The van der Waals surface area contributed by atoms with Gasteiger partial charge in [-0.05, 0) is 12.1 Å². The molecule has 0 fully saturated rings. The van der Waals surface area contributed by atoms with Gasteiger partial charge < -0.3 is 14.9 Å². The van der Waals surface area contributed by atoms with Crippen molar-refractivity contribution in [2.45, 2.75) is 13.8 Å². The molecular formula is C15H20O5. The topological polar surface area (TPSA) is 83.8 Å². The van der Waals surface area contributed by atoms with Gasteiger partial charge >= 0.3 is 11.9 Å². The van der Waals surface area contributed by atoms with Gasteiger partial charge in [0.15, 0.2) is 0 Å². The highest BCUT2D eigenvalue weighted by Crippen LogP contribution is 2.14. The third kappa shape index (κ3) is 8.05. The molecule has 0 amide bonds. The van der Waals surface area contributed by atoms with Crippen molar-refractivity contribution in [1.82, 2.24) is 0 Å². The molecule has 5 heteroatoms. The molecule has 0 saturated carbocycles. The lowest BCUT2D eigenvalue weighted by Gasteiger charge is -2.20. The van der Waals surface area contributed by atoms with Crippen LogP contribution >= 0.6 is 0 Å². The van der Waals surface area contributed by atoms with E-state index in [0.29, 0.717) is 5.56 Å². The van der Waals surface area contributed by atoms with E-state index in [1.54, 1.807) is 24.3 Å². The van der Waals surface area contributed by atoms with E-state index in [1.165, 1.54) is 0 Å². The molecule has 1 aromatic rings. The third-order valence-electron chi connectivity index (χ3n) is 2.21. The molecule has 20 heavy (non-hydrogen) atoms. The fourth-order valence-electron chi connectivity index (χ4n) is 0.964. The molecule has 0 heterocycles. The highest BCUT2D eigenvalue weighted by atomic mass is 16.5. The smallest absolute Gasteiger partial charge is 0.338 e. The van der Waals surface area contributed by atoms with Crippen molar-refractivity contribution in [3.05, 3.63) is 48.6 Å². The maximum atomic E-state index is 11.5. The Morgan fingerprint density at radius 3 is 2.20 bits per heavy atom. The summed E-state index contributed by atoms with van der Waals surface area (Å²) < 4.78 is 5.08. The van der Waals surface area contributed by atoms with Gasteiger partial charge in [-0.15, -0.1) is 0 Å². The number of aliphatic hydroxyl groups is 1. The number of aliphatic hydroxyl groups excluding tert-OH is 1. The minimum absolute atomic E-state index is 0.00489. The standard InChI is InChI=1S/C12H16O3.C3H4O2/c1-12(2,8-13)9-15-11(14)10-6-4-3-5-7-10;1-2-3(4)5/h3-7,13H,8-9H2,1-2H3;2H,1H2,(H,4,5). The van der Waals surface area contributed by atoms with E-state index < -0.39 is 5.97 Å². The first kappa shape index (κ1) is 17.9. The lowest BCUT2D eigenvalue weighted by atomic mass is 9.96. The highest BCUT2D eigenvalue weighted by molar-refractivity contribution is 5.89. The van der Waals surface area contributed by atoms with Crippen molar-refractivity contribution < 1.29 is 24.5 Å². The number of rotatable bonds is 5. The zero-order valence-corrected chi connectivity index (χ0v) is 11.7. The van der Waals surface area contributed by atoms with Crippen molar-refractivity contribution in [3.63, 3.8) is 0 Å². The number of hydrogen-bond donors (Lipinski definition) is 2. The number of carboxylic acid groups (broad SMARTS) is 1. The molecule has 0 bridgehead atoms. The van der Waals surface area contributed by atoms with Gasteiger partial charge in [0, 0.05) is 11.5 Å². The van der Waals surface area contributed by atoms with Crippen LogP contribution in [0.2, 0.25) is 0 Å². The van der Waals surface area contributed by atoms with Crippen LogP contribution in [-0.4, -0.2) is 35.4 Å².